The minimum absolute atomic E-state index is 0.0211. The highest BCUT2D eigenvalue weighted by Gasteiger charge is 2.24. The van der Waals surface area contributed by atoms with E-state index in [9.17, 15) is 4.79 Å². The number of rotatable bonds is 5. The molecule has 1 aliphatic rings. The van der Waals surface area contributed by atoms with Gasteiger partial charge >= 0.3 is 0 Å². The van der Waals surface area contributed by atoms with Gasteiger partial charge in [0.25, 0.3) is 0 Å². The number of aromatic amines is 1. The zero-order valence-corrected chi connectivity index (χ0v) is 16.0. The van der Waals surface area contributed by atoms with Crippen LogP contribution in [0.3, 0.4) is 0 Å². The predicted octanol–water partition coefficient (Wildman–Crippen LogP) is 4.15. The molecule has 0 fully saturated rings. The Kier molecular flexibility index (Phi) is 5.25. The summed E-state index contributed by atoms with van der Waals surface area (Å²) in [4.78, 5) is 17.2. The number of benzene rings is 2. The molecule has 3 aromatic rings. The Labute approximate surface area is 163 Å². The number of H-pyrrole nitrogens is 1. The highest BCUT2D eigenvalue weighted by molar-refractivity contribution is 8.00. The van der Waals surface area contributed by atoms with Crippen molar-refractivity contribution in [3.05, 3.63) is 65.7 Å². The molecule has 5 nitrogen and oxygen atoms in total. The number of hydrogen-bond donors (Lipinski definition) is 2. The van der Waals surface area contributed by atoms with Crippen molar-refractivity contribution in [2.75, 3.05) is 0 Å². The van der Waals surface area contributed by atoms with E-state index >= 15 is 0 Å². The molecule has 0 saturated heterocycles. The lowest BCUT2D eigenvalue weighted by Gasteiger charge is -2.27. The first-order valence-electron chi connectivity index (χ1n) is 9.23. The molecule has 2 N–H and O–H groups in total. The smallest absolute Gasteiger partial charge is 0.233 e. The van der Waals surface area contributed by atoms with Gasteiger partial charge in [-0.2, -0.15) is 0 Å². The lowest BCUT2D eigenvalue weighted by atomic mass is 9.88. The van der Waals surface area contributed by atoms with Crippen LogP contribution in [0.5, 0.6) is 0 Å². The predicted molar refractivity (Wildman–Crippen MR) is 107 cm³/mol. The number of aryl methyl sites for hydroxylation is 1. The molecular weight excluding hydrogens is 356 g/mol. The second-order valence-electron chi connectivity index (χ2n) is 6.74. The van der Waals surface area contributed by atoms with Crippen LogP contribution in [0.2, 0.25) is 0 Å². The van der Waals surface area contributed by atoms with E-state index in [1.807, 2.05) is 43.3 Å². The summed E-state index contributed by atoms with van der Waals surface area (Å²) < 4.78 is 0. The van der Waals surface area contributed by atoms with Crippen LogP contribution in [0.15, 0.2) is 59.8 Å². The largest absolute Gasteiger partial charge is 0.348 e. The van der Waals surface area contributed by atoms with E-state index in [2.05, 4.69) is 38.7 Å². The molecule has 27 heavy (non-hydrogen) atoms. The van der Waals surface area contributed by atoms with E-state index in [0.717, 1.165) is 24.8 Å². The van der Waals surface area contributed by atoms with Crippen molar-refractivity contribution in [2.45, 2.75) is 42.6 Å². The Hall–Kier alpha value is -2.60. The maximum absolute atomic E-state index is 12.7. The average molecular weight is 379 g/mol. The van der Waals surface area contributed by atoms with Gasteiger partial charge in [0.2, 0.25) is 11.1 Å². The van der Waals surface area contributed by atoms with Crippen molar-refractivity contribution in [3.63, 3.8) is 0 Å². The number of carbonyl (C=O) groups excluding carboxylic acids is 1. The number of carbonyl (C=O) groups is 1. The summed E-state index contributed by atoms with van der Waals surface area (Å²) in [6, 6.07) is 18.3. The van der Waals surface area contributed by atoms with E-state index in [0.29, 0.717) is 11.0 Å². The summed E-state index contributed by atoms with van der Waals surface area (Å²) in [6.07, 6.45) is 3.18. The minimum Gasteiger partial charge on any atom is -0.348 e. The zero-order valence-electron chi connectivity index (χ0n) is 15.2. The highest BCUT2D eigenvalue weighted by Crippen LogP contribution is 2.30. The van der Waals surface area contributed by atoms with Crippen LogP contribution in [0.4, 0.5) is 0 Å². The summed E-state index contributed by atoms with van der Waals surface area (Å²) in [6.45, 7) is 1.90. The van der Waals surface area contributed by atoms with Crippen LogP contribution in [0, 0.1) is 0 Å². The van der Waals surface area contributed by atoms with Crippen molar-refractivity contribution in [3.8, 4) is 11.4 Å². The van der Waals surface area contributed by atoms with Gasteiger partial charge in [0.05, 0.1) is 11.3 Å². The fourth-order valence-corrected chi connectivity index (χ4v) is 4.16. The number of thioether (sulfide) groups is 1. The fourth-order valence-electron chi connectivity index (χ4n) is 3.43. The highest BCUT2D eigenvalue weighted by atomic mass is 32.2. The number of nitrogens with zero attached hydrogens (tertiary/aromatic N) is 2. The number of aromatic nitrogens is 3. The van der Waals surface area contributed by atoms with Gasteiger partial charge in [-0.25, -0.2) is 4.98 Å². The van der Waals surface area contributed by atoms with Gasteiger partial charge in [-0.05, 0) is 37.3 Å². The summed E-state index contributed by atoms with van der Waals surface area (Å²) in [5, 5.41) is 10.7. The number of amides is 1. The lowest BCUT2D eigenvalue weighted by molar-refractivity contribution is -0.121. The van der Waals surface area contributed by atoms with Crippen molar-refractivity contribution in [1.29, 1.82) is 0 Å². The van der Waals surface area contributed by atoms with Crippen LogP contribution in [-0.2, 0) is 11.2 Å². The molecule has 1 aromatic heterocycles. The summed E-state index contributed by atoms with van der Waals surface area (Å²) in [5.41, 5.74) is 3.57. The molecule has 4 rings (SSSR count). The van der Waals surface area contributed by atoms with E-state index in [-0.39, 0.29) is 17.2 Å². The molecular formula is C21H22N4OS. The van der Waals surface area contributed by atoms with Crippen molar-refractivity contribution < 1.29 is 4.79 Å². The Bertz CT molecular complexity index is 925. The minimum atomic E-state index is -0.265. The van der Waals surface area contributed by atoms with Crippen molar-refractivity contribution >= 4 is 17.7 Å². The maximum Gasteiger partial charge on any atom is 0.233 e. The lowest BCUT2D eigenvalue weighted by Crippen LogP contribution is -2.35. The van der Waals surface area contributed by atoms with Gasteiger partial charge in [0, 0.05) is 5.56 Å². The van der Waals surface area contributed by atoms with Crippen LogP contribution >= 0.6 is 11.8 Å². The van der Waals surface area contributed by atoms with E-state index in [4.69, 9.17) is 0 Å². The summed E-state index contributed by atoms with van der Waals surface area (Å²) in [5.74, 6) is 0.736. The van der Waals surface area contributed by atoms with Crippen LogP contribution in [0.1, 0.15) is 36.9 Å². The number of fused-ring (bicyclic) bond motifs is 1. The summed E-state index contributed by atoms with van der Waals surface area (Å²) in [7, 11) is 0. The first-order valence-corrected chi connectivity index (χ1v) is 10.1. The van der Waals surface area contributed by atoms with Crippen LogP contribution in [-0.4, -0.2) is 26.3 Å². The maximum atomic E-state index is 12.7. The second-order valence-corrected chi connectivity index (χ2v) is 8.05. The second kappa shape index (κ2) is 7.96. The average Bonchev–Trinajstić information content (AvgIpc) is 3.17. The molecule has 0 saturated carbocycles. The Morgan fingerprint density at radius 1 is 1.19 bits per heavy atom. The molecule has 0 aliphatic heterocycles. The van der Waals surface area contributed by atoms with E-state index < -0.39 is 0 Å². The Balaban J connectivity index is 1.40. The molecule has 1 aliphatic carbocycles. The third-order valence-electron chi connectivity index (χ3n) is 4.85. The van der Waals surface area contributed by atoms with Gasteiger partial charge in [-0.15, -0.1) is 5.10 Å². The molecule has 0 radical (unpaired) electrons. The van der Waals surface area contributed by atoms with Crippen LogP contribution < -0.4 is 5.32 Å². The van der Waals surface area contributed by atoms with Gasteiger partial charge < -0.3 is 5.32 Å². The molecule has 0 unspecified atom stereocenters. The molecule has 0 bridgehead atoms. The first-order chi connectivity index (χ1) is 13.2. The van der Waals surface area contributed by atoms with E-state index in [1.165, 1.54) is 22.9 Å². The monoisotopic (exact) mass is 378 g/mol. The molecule has 1 heterocycles. The summed E-state index contributed by atoms with van der Waals surface area (Å²) >= 11 is 1.37. The zero-order chi connectivity index (χ0) is 18.6. The quantitative estimate of drug-likeness (QED) is 0.655. The van der Waals surface area contributed by atoms with Gasteiger partial charge in [-0.1, -0.05) is 66.4 Å². The van der Waals surface area contributed by atoms with Crippen LogP contribution in [0.25, 0.3) is 11.4 Å². The molecule has 6 heteroatoms. The first kappa shape index (κ1) is 17.8. The molecule has 2 aromatic carbocycles. The molecule has 138 valence electrons. The Morgan fingerprint density at radius 2 is 1.96 bits per heavy atom. The van der Waals surface area contributed by atoms with Crippen molar-refractivity contribution in [1.82, 2.24) is 20.5 Å². The SMILES string of the molecule is C[C@@H](Sc1n[nH]c(-c2ccccc2)n1)C(=O)N[C@H]1CCCc2ccccc21. The topological polar surface area (TPSA) is 70.7 Å². The van der Waals surface area contributed by atoms with Gasteiger partial charge in [0.1, 0.15) is 0 Å². The number of hydrogen-bond acceptors (Lipinski definition) is 4. The standard InChI is InChI=1S/C21H22N4OS/c1-14(27-21-23-19(24-25-21)16-9-3-2-4-10-16)20(26)22-18-13-7-11-15-8-5-6-12-17(15)18/h2-6,8-10,12,14,18H,7,11,13H2,1H3,(H,22,26)(H,23,24,25)/t14-,18+/m1/s1. The molecule has 0 spiro atoms. The van der Waals surface area contributed by atoms with Crippen molar-refractivity contribution in [2.24, 2.45) is 0 Å². The molecule has 2 atom stereocenters. The third-order valence-corrected chi connectivity index (χ3v) is 5.81. The Morgan fingerprint density at radius 3 is 2.81 bits per heavy atom. The fraction of sp³-hybridized carbons (Fsp3) is 0.286. The normalized spacial score (nSPS) is 17.1. The molecule has 1 amide bonds. The van der Waals surface area contributed by atoms with Gasteiger partial charge in [-0.3, -0.25) is 9.89 Å². The van der Waals surface area contributed by atoms with Gasteiger partial charge in [0.15, 0.2) is 5.82 Å². The third kappa shape index (κ3) is 4.06. The van der Waals surface area contributed by atoms with E-state index in [1.54, 1.807) is 0 Å². The number of nitrogens with one attached hydrogen (secondary N) is 2.